The van der Waals surface area contributed by atoms with Gasteiger partial charge in [0.1, 0.15) is 5.82 Å². The fourth-order valence-electron chi connectivity index (χ4n) is 1.69. The molecule has 0 aliphatic heterocycles. The first-order chi connectivity index (χ1) is 6.18. The van der Waals surface area contributed by atoms with Crippen molar-refractivity contribution < 1.29 is 4.79 Å². The lowest BCUT2D eigenvalue weighted by Gasteiger charge is -2.04. The molecule has 0 spiro atoms. The maximum atomic E-state index is 10.9. The topological polar surface area (TPSA) is 82.0 Å². The molecule has 1 heterocycles. The lowest BCUT2D eigenvalue weighted by atomic mass is 10.1. The van der Waals surface area contributed by atoms with E-state index in [0.29, 0.717) is 5.56 Å². The molecule has 0 radical (unpaired) electrons. The molecular weight excluding hydrogens is 166 g/mol. The molecule has 0 saturated heterocycles. The van der Waals surface area contributed by atoms with Gasteiger partial charge in [-0.2, -0.15) is 0 Å². The number of carbonyl (C=O) groups is 1. The Kier molecular flexibility index (Phi) is 1.69. The molecule has 1 aromatic rings. The molecule has 0 saturated carbocycles. The van der Waals surface area contributed by atoms with Gasteiger partial charge in [0.05, 0.1) is 5.56 Å². The monoisotopic (exact) mass is 177 g/mol. The standard InChI is InChI=1S/C9H11N3O/c10-8-6(9(11)13)4-5-2-1-3-7(5)12-8/h4H,1-3H2,(H2,10,12)(H2,11,13). The van der Waals surface area contributed by atoms with Gasteiger partial charge in [-0.05, 0) is 30.9 Å². The smallest absolute Gasteiger partial charge is 0.252 e. The van der Waals surface area contributed by atoms with Gasteiger partial charge < -0.3 is 11.5 Å². The van der Waals surface area contributed by atoms with E-state index in [1.807, 2.05) is 0 Å². The highest BCUT2D eigenvalue weighted by molar-refractivity contribution is 5.97. The van der Waals surface area contributed by atoms with Crippen LogP contribution < -0.4 is 11.5 Å². The van der Waals surface area contributed by atoms with Crippen LogP contribution in [0.25, 0.3) is 0 Å². The summed E-state index contributed by atoms with van der Waals surface area (Å²) in [5.41, 5.74) is 13.2. The quantitative estimate of drug-likeness (QED) is 0.645. The molecule has 0 bridgehead atoms. The number of rotatable bonds is 1. The van der Waals surface area contributed by atoms with Crippen LogP contribution in [0.15, 0.2) is 6.07 Å². The van der Waals surface area contributed by atoms with Gasteiger partial charge in [-0.15, -0.1) is 0 Å². The van der Waals surface area contributed by atoms with Crippen LogP contribution in [0, 0.1) is 0 Å². The molecule has 4 heteroatoms. The zero-order chi connectivity index (χ0) is 9.42. The Labute approximate surface area is 75.9 Å². The van der Waals surface area contributed by atoms with Crippen molar-refractivity contribution in [1.82, 2.24) is 4.98 Å². The van der Waals surface area contributed by atoms with Crippen molar-refractivity contribution in [2.24, 2.45) is 5.73 Å². The second kappa shape index (κ2) is 2.73. The van der Waals surface area contributed by atoms with E-state index >= 15 is 0 Å². The third-order valence-electron chi connectivity index (χ3n) is 2.35. The van der Waals surface area contributed by atoms with Crippen LogP contribution in [0.3, 0.4) is 0 Å². The zero-order valence-electron chi connectivity index (χ0n) is 7.21. The average molecular weight is 177 g/mol. The van der Waals surface area contributed by atoms with Crippen LogP contribution in [0.1, 0.15) is 28.0 Å². The van der Waals surface area contributed by atoms with Gasteiger partial charge in [-0.3, -0.25) is 4.79 Å². The Morgan fingerprint density at radius 2 is 2.23 bits per heavy atom. The van der Waals surface area contributed by atoms with E-state index in [0.717, 1.165) is 30.5 Å². The lowest BCUT2D eigenvalue weighted by molar-refractivity contribution is 0.100. The second-order valence-electron chi connectivity index (χ2n) is 3.24. The lowest BCUT2D eigenvalue weighted by Crippen LogP contribution is -2.15. The number of amides is 1. The number of fused-ring (bicyclic) bond motifs is 1. The second-order valence-corrected chi connectivity index (χ2v) is 3.24. The third kappa shape index (κ3) is 1.24. The number of hydrogen-bond acceptors (Lipinski definition) is 3. The SMILES string of the molecule is NC(=O)c1cc2c(nc1N)CCC2. The van der Waals surface area contributed by atoms with Crippen LogP contribution in [-0.4, -0.2) is 10.9 Å². The van der Waals surface area contributed by atoms with Gasteiger partial charge in [0.2, 0.25) is 0 Å². The van der Waals surface area contributed by atoms with Crippen molar-refractivity contribution in [2.45, 2.75) is 19.3 Å². The number of nitrogens with zero attached hydrogens (tertiary/aromatic N) is 1. The molecule has 0 atom stereocenters. The Bertz CT molecular complexity index is 373. The van der Waals surface area contributed by atoms with Crippen molar-refractivity contribution in [1.29, 1.82) is 0 Å². The predicted molar refractivity (Wildman–Crippen MR) is 49.2 cm³/mol. The number of aromatic nitrogens is 1. The maximum Gasteiger partial charge on any atom is 0.252 e. The third-order valence-corrected chi connectivity index (χ3v) is 2.35. The summed E-state index contributed by atoms with van der Waals surface area (Å²) in [4.78, 5) is 15.1. The van der Waals surface area contributed by atoms with Crippen molar-refractivity contribution in [3.63, 3.8) is 0 Å². The highest BCUT2D eigenvalue weighted by Gasteiger charge is 2.16. The summed E-state index contributed by atoms with van der Waals surface area (Å²) in [6.07, 6.45) is 3.02. The predicted octanol–water partition coefficient (Wildman–Crippen LogP) is 0.251. The molecule has 1 aliphatic rings. The van der Waals surface area contributed by atoms with Crippen LogP contribution in [-0.2, 0) is 12.8 Å². The minimum atomic E-state index is -0.500. The van der Waals surface area contributed by atoms with Gasteiger partial charge >= 0.3 is 0 Å². The maximum absolute atomic E-state index is 10.9. The molecule has 2 rings (SSSR count). The summed E-state index contributed by atoms with van der Waals surface area (Å²) in [6.45, 7) is 0. The summed E-state index contributed by atoms with van der Waals surface area (Å²) in [6, 6.07) is 1.77. The normalized spacial score (nSPS) is 14.2. The summed E-state index contributed by atoms with van der Waals surface area (Å²) in [7, 11) is 0. The fourth-order valence-corrected chi connectivity index (χ4v) is 1.69. The van der Waals surface area contributed by atoms with Gasteiger partial charge in [0, 0.05) is 5.69 Å². The van der Waals surface area contributed by atoms with Crippen molar-refractivity contribution in [3.05, 3.63) is 22.9 Å². The number of nitrogens with two attached hydrogens (primary N) is 2. The summed E-state index contributed by atoms with van der Waals surface area (Å²) < 4.78 is 0. The highest BCUT2D eigenvalue weighted by Crippen LogP contribution is 2.23. The first-order valence-corrected chi connectivity index (χ1v) is 4.26. The molecular formula is C9H11N3O. The minimum absolute atomic E-state index is 0.258. The molecule has 0 aromatic carbocycles. The van der Waals surface area contributed by atoms with E-state index in [9.17, 15) is 4.79 Å². The van der Waals surface area contributed by atoms with E-state index in [1.165, 1.54) is 0 Å². The Morgan fingerprint density at radius 3 is 2.92 bits per heavy atom. The van der Waals surface area contributed by atoms with Crippen LogP contribution in [0.4, 0.5) is 5.82 Å². The molecule has 1 aliphatic carbocycles. The first kappa shape index (κ1) is 8.04. The molecule has 4 N–H and O–H groups in total. The molecule has 1 amide bonds. The number of hydrogen-bond donors (Lipinski definition) is 2. The number of nitrogen functional groups attached to an aromatic ring is 1. The number of carbonyl (C=O) groups excluding carboxylic acids is 1. The van der Waals surface area contributed by atoms with E-state index in [2.05, 4.69) is 4.98 Å². The molecule has 4 nitrogen and oxygen atoms in total. The minimum Gasteiger partial charge on any atom is -0.383 e. The van der Waals surface area contributed by atoms with E-state index < -0.39 is 5.91 Å². The van der Waals surface area contributed by atoms with E-state index in [4.69, 9.17) is 11.5 Å². The van der Waals surface area contributed by atoms with Crippen molar-refractivity contribution in [3.8, 4) is 0 Å². The molecule has 1 aromatic heterocycles. The number of pyridine rings is 1. The van der Waals surface area contributed by atoms with Crippen molar-refractivity contribution >= 4 is 11.7 Å². The molecule has 68 valence electrons. The van der Waals surface area contributed by atoms with Crippen LogP contribution in [0.2, 0.25) is 0 Å². The molecule has 13 heavy (non-hydrogen) atoms. The molecule has 0 fully saturated rings. The fraction of sp³-hybridized carbons (Fsp3) is 0.333. The van der Waals surface area contributed by atoms with Crippen LogP contribution >= 0.6 is 0 Å². The number of anilines is 1. The number of primary amides is 1. The van der Waals surface area contributed by atoms with Gasteiger partial charge in [-0.1, -0.05) is 0 Å². The summed E-state index contributed by atoms with van der Waals surface area (Å²) in [5.74, 6) is -0.243. The van der Waals surface area contributed by atoms with Gasteiger partial charge in [0.25, 0.3) is 5.91 Å². The number of aryl methyl sites for hydroxylation is 2. The van der Waals surface area contributed by atoms with Crippen molar-refractivity contribution in [2.75, 3.05) is 5.73 Å². The van der Waals surface area contributed by atoms with Gasteiger partial charge in [0.15, 0.2) is 0 Å². The zero-order valence-corrected chi connectivity index (χ0v) is 7.21. The summed E-state index contributed by atoms with van der Waals surface area (Å²) >= 11 is 0. The Morgan fingerprint density at radius 1 is 1.46 bits per heavy atom. The van der Waals surface area contributed by atoms with Gasteiger partial charge in [-0.25, -0.2) is 4.98 Å². The highest BCUT2D eigenvalue weighted by atomic mass is 16.1. The average Bonchev–Trinajstić information content (AvgIpc) is 2.48. The Hall–Kier alpha value is -1.58. The van der Waals surface area contributed by atoms with E-state index in [-0.39, 0.29) is 5.82 Å². The Balaban J connectivity index is 2.55. The molecule has 0 unspecified atom stereocenters. The van der Waals surface area contributed by atoms with E-state index in [1.54, 1.807) is 6.07 Å². The largest absolute Gasteiger partial charge is 0.383 e. The first-order valence-electron chi connectivity index (χ1n) is 4.26. The van der Waals surface area contributed by atoms with Crippen LogP contribution in [0.5, 0.6) is 0 Å². The summed E-state index contributed by atoms with van der Waals surface area (Å²) in [5, 5.41) is 0.